The van der Waals surface area contributed by atoms with Crippen molar-refractivity contribution in [2.24, 2.45) is 0 Å². The molecule has 0 fully saturated rings. The molecule has 0 heterocycles. The first-order chi connectivity index (χ1) is 12.4. The van der Waals surface area contributed by atoms with Crippen LogP contribution >= 0.6 is 0 Å². The highest BCUT2D eigenvalue weighted by Crippen LogP contribution is 2.00. The molecular weight excluding hydrogens is 342 g/mol. The van der Waals surface area contributed by atoms with Crippen molar-refractivity contribution < 1.29 is 28.7 Å². The van der Waals surface area contributed by atoms with Crippen molar-refractivity contribution in [1.29, 1.82) is 0 Å². The second kappa shape index (κ2) is 11.5. The Bertz CT molecular complexity index is 620. The largest absolute Gasteiger partial charge is 0.465 e. The van der Waals surface area contributed by atoms with Crippen LogP contribution in [0.15, 0.2) is 30.3 Å². The van der Waals surface area contributed by atoms with E-state index in [1.807, 2.05) is 18.2 Å². The van der Waals surface area contributed by atoms with Gasteiger partial charge in [0.2, 0.25) is 11.8 Å². The van der Waals surface area contributed by atoms with E-state index in [0.717, 1.165) is 10.5 Å². The summed E-state index contributed by atoms with van der Waals surface area (Å²) in [7, 11) is 1.42. The Kier molecular flexibility index (Phi) is 9.23. The van der Waals surface area contributed by atoms with Gasteiger partial charge in [-0.1, -0.05) is 30.3 Å². The lowest BCUT2D eigenvalue weighted by Gasteiger charge is -2.16. The van der Waals surface area contributed by atoms with Crippen LogP contribution in [0, 0.1) is 0 Å². The van der Waals surface area contributed by atoms with Crippen molar-refractivity contribution in [1.82, 2.24) is 15.5 Å². The Morgan fingerprint density at radius 3 is 2.35 bits per heavy atom. The lowest BCUT2D eigenvalue weighted by molar-refractivity contribution is -0.147. The number of nitrogens with zero attached hydrogens (tertiary/aromatic N) is 1. The molecule has 0 aliphatic heterocycles. The Balaban J connectivity index is 2.20. The van der Waals surface area contributed by atoms with Gasteiger partial charge in [0.05, 0.1) is 13.2 Å². The van der Waals surface area contributed by atoms with Crippen molar-refractivity contribution in [2.75, 3.05) is 33.3 Å². The third kappa shape index (κ3) is 8.67. The second-order valence-corrected chi connectivity index (χ2v) is 5.25. The summed E-state index contributed by atoms with van der Waals surface area (Å²) in [4.78, 5) is 47.3. The number of benzene rings is 1. The fourth-order valence-electron chi connectivity index (χ4n) is 1.79. The van der Waals surface area contributed by atoms with E-state index in [1.165, 1.54) is 7.05 Å². The Morgan fingerprint density at radius 2 is 1.69 bits per heavy atom. The predicted octanol–water partition coefficient (Wildman–Crippen LogP) is 0.0505. The minimum Gasteiger partial charge on any atom is -0.465 e. The molecule has 0 spiro atoms. The monoisotopic (exact) mass is 365 g/mol. The number of likely N-dealkylation sites (N-methyl/N-ethyl adjacent to an activating group) is 1. The maximum absolute atomic E-state index is 11.8. The van der Waals surface area contributed by atoms with Gasteiger partial charge in [0.1, 0.15) is 19.7 Å². The molecule has 0 saturated carbocycles. The molecule has 0 atom stereocenters. The first-order valence-electron chi connectivity index (χ1n) is 8.03. The van der Waals surface area contributed by atoms with E-state index in [9.17, 15) is 19.2 Å². The maximum Gasteiger partial charge on any atom is 0.407 e. The summed E-state index contributed by atoms with van der Waals surface area (Å²) in [6.45, 7) is 1.15. The quantitative estimate of drug-likeness (QED) is 0.598. The second-order valence-electron chi connectivity index (χ2n) is 5.25. The van der Waals surface area contributed by atoms with E-state index in [2.05, 4.69) is 10.6 Å². The van der Waals surface area contributed by atoms with Crippen LogP contribution < -0.4 is 10.6 Å². The van der Waals surface area contributed by atoms with Gasteiger partial charge in [-0.15, -0.1) is 0 Å². The standard InChI is InChI=1S/C17H23N3O6/c1-3-25-16(23)11-20(2)15(22)10-18-14(21)9-19-17(24)26-12-13-7-5-4-6-8-13/h4-8H,3,9-12H2,1-2H3,(H,18,21)(H,19,24). The first kappa shape index (κ1) is 20.9. The number of hydrogen-bond donors (Lipinski definition) is 2. The third-order valence-corrected chi connectivity index (χ3v) is 3.14. The lowest BCUT2D eigenvalue weighted by atomic mass is 10.2. The van der Waals surface area contributed by atoms with E-state index in [1.54, 1.807) is 19.1 Å². The van der Waals surface area contributed by atoms with Crippen LogP contribution in [0.5, 0.6) is 0 Å². The van der Waals surface area contributed by atoms with E-state index < -0.39 is 23.9 Å². The van der Waals surface area contributed by atoms with Gasteiger partial charge in [-0.2, -0.15) is 0 Å². The Hall–Kier alpha value is -3.10. The summed E-state index contributed by atoms with van der Waals surface area (Å²) in [5.74, 6) is -1.55. The molecule has 3 amide bonds. The summed E-state index contributed by atoms with van der Waals surface area (Å²) in [5.41, 5.74) is 0.822. The van der Waals surface area contributed by atoms with Crippen LogP contribution in [0.1, 0.15) is 12.5 Å². The Morgan fingerprint density at radius 1 is 1.00 bits per heavy atom. The Labute approximate surface area is 151 Å². The van der Waals surface area contributed by atoms with E-state index in [4.69, 9.17) is 9.47 Å². The van der Waals surface area contributed by atoms with Gasteiger partial charge in [-0.05, 0) is 12.5 Å². The molecule has 0 aromatic heterocycles. The zero-order valence-electron chi connectivity index (χ0n) is 14.8. The number of esters is 1. The molecule has 0 bridgehead atoms. The van der Waals surface area contributed by atoms with Crippen molar-refractivity contribution in [2.45, 2.75) is 13.5 Å². The van der Waals surface area contributed by atoms with Crippen LogP contribution in [0.3, 0.4) is 0 Å². The molecule has 26 heavy (non-hydrogen) atoms. The van der Waals surface area contributed by atoms with Crippen molar-refractivity contribution >= 4 is 23.9 Å². The molecule has 2 N–H and O–H groups in total. The van der Waals surface area contributed by atoms with E-state index >= 15 is 0 Å². The highest BCUT2D eigenvalue weighted by atomic mass is 16.5. The molecule has 0 unspecified atom stereocenters. The number of amides is 3. The highest BCUT2D eigenvalue weighted by Gasteiger charge is 2.14. The van der Waals surface area contributed by atoms with Gasteiger partial charge >= 0.3 is 12.1 Å². The molecule has 142 valence electrons. The summed E-state index contributed by atoms with van der Waals surface area (Å²) >= 11 is 0. The highest BCUT2D eigenvalue weighted by molar-refractivity contribution is 5.88. The molecule has 1 aromatic rings. The molecule has 9 nitrogen and oxygen atoms in total. The van der Waals surface area contributed by atoms with Crippen LogP contribution in [-0.2, 0) is 30.5 Å². The minimum absolute atomic E-state index is 0.0887. The van der Waals surface area contributed by atoms with Crippen LogP contribution in [0.4, 0.5) is 4.79 Å². The molecule has 0 saturated heterocycles. The maximum atomic E-state index is 11.8. The van der Waals surface area contributed by atoms with Crippen LogP contribution in [-0.4, -0.2) is 62.1 Å². The SMILES string of the molecule is CCOC(=O)CN(C)C(=O)CNC(=O)CNC(=O)OCc1ccccc1. The van der Waals surface area contributed by atoms with Crippen molar-refractivity contribution in [3.8, 4) is 0 Å². The molecule has 0 radical (unpaired) electrons. The minimum atomic E-state index is -0.741. The van der Waals surface area contributed by atoms with Gasteiger partial charge < -0.3 is 25.0 Å². The first-order valence-corrected chi connectivity index (χ1v) is 8.03. The number of carbonyl (C=O) groups excluding carboxylic acids is 4. The predicted molar refractivity (Wildman–Crippen MR) is 91.9 cm³/mol. The molecule has 1 rings (SSSR count). The van der Waals surface area contributed by atoms with Crippen LogP contribution in [0.25, 0.3) is 0 Å². The smallest absolute Gasteiger partial charge is 0.407 e. The summed E-state index contributed by atoms with van der Waals surface area (Å²) in [6, 6.07) is 9.09. The zero-order chi connectivity index (χ0) is 19.4. The normalized spacial score (nSPS) is 9.77. The van der Waals surface area contributed by atoms with Gasteiger partial charge in [-0.3, -0.25) is 14.4 Å². The van der Waals surface area contributed by atoms with Gasteiger partial charge in [0, 0.05) is 7.05 Å². The summed E-state index contributed by atoms with van der Waals surface area (Å²) in [5, 5.41) is 4.63. The van der Waals surface area contributed by atoms with E-state index in [0.29, 0.717) is 0 Å². The van der Waals surface area contributed by atoms with Gasteiger partial charge in [0.15, 0.2) is 0 Å². The summed E-state index contributed by atoms with van der Waals surface area (Å²) in [6.07, 6.45) is -0.741. The number of hydrogen-bond acceptors (Lipinski definition) is 6. The van der Waals surface area contributed by atoms with Crippen molar-refractivity contribution in [3.05, 3.63) is 35.9 Å². The lowest BCUT2D eigenvalue weighted by Crippen LogP contribution is -2.43. The number of ether oxygens (including phenoxy) is 2. The number of rotatable bonds is 9. The van der Waals surface area contributed by atoms with Crippen LogP contribution in [0.2, 0.25) is 0 Å². The average Bonchev–Trinajstić information content (AvgIpc) is 2.63. The van der Waals surface area contributed by atoms with E-state index in [-0.39, 0.29) is 32.8 Å². The molecule has 0 aliphatic rings. The fraction of sp³-hybridized carbons (Fsp3) is 0.412. The number of alkyl carbamates (subject to hydrolysis) is 1. The third-order valence-electron chi connectivity index (χ3n) is 3.14. The van der Waals surface area contributed by atoms with Gasteiger partial charge in [0.25, 0.3) is 0 Å². The molecule has 9 heteroatoms. The number of nitrogens with one attached hydrogen (secondary N) is 2. The fourth-order valence-corrected chi connectivity index (χ4v) is 1.79. The molecule has 0 aliphatic carbocycles. The molecule has 1 aromatic carbocycles. The summed E-state index contributed by atoms with van der Waals surface area (Å²) < 4.78 is 9.68. The number of carbonyl (C=O) groups is 4. The average molecular weight is 365 g/mol. The molecular formula is C17H23N3O6. The van der Waals surface area contributed by atoms with Gasteiger partial charge in [-0.25, -0.2) is 4.79 Å². The van der Waals surface area contributed by atoms with Crippen molar-refractivity contribution in [3.63, 3.8) is 0 Å². The zero-order valence-corrected chi connectivity index (χ0v) is 14.8. The topological polar surface area (TPSA) is 114 Å².